The van der Waals surface area contributed by atoms with Gasteiger partial charge in [-0.3, -0.25) is 4.79 Å². The summed E-state index contributed by atoms with van der Waals surface area (Å²) >= 11 is 0. The minimum atomic E-state index is -0.510. The van der Waals surface area contributed by atoms with Crippen LogP contribution in [0.5, 0.6) is 0 Å². The summed E-state index contributed by atoms with van der Waals surface area (Å²) in [4.78, 5) is 38.6. The summed E-state index contributed by atoms with van der Waals surface area (Å²) in [5.41, 5.74) is -0.890. The molecule has 8 nitrogen and oxygen atoms in total. The Morgan fingerprint density at radius 2 is 1.25 bits per heavy atom. The zero-order chi connectivity index (χ0) is 24.5. The van der Waals surface area contributed by atoms with Crippen molar-refractivity contribution >= 4 is 18.2 Å². The Hall–Kier alpha value is -1.99. The third-order valence-corrected chi connectivity index (χ3v) is 5.32. The molecule has 0 unspecified atom stereocenters. The van der Waals surface area contributed by atoms with Gasteiger partial charge in [-0.15, -0.1) is 0 Å². The Morgan fingerprint density at radius 3 is 1.72 bits per heavy atom. The number of hydrogen-bond donors (Lipinski definition) is 0. The molecule has 0 N–H and O–H groups in total. The first-order chi connectivity index (χ1) is 14.7. The van der Waals surface area contributed by atoms with E-state index in [1.165, 1.54) is 13.5 Å². The van der Waals surface area contributed by atoms with E-state index in [9.17, 15) is 14.4 Å². The predicted octanol–water partition coefficient (Wildman–Crippen LogP) is 5.14. The van der Waals surface area contributed by atoms with Crippen LogP contribution in [-0.4, -0.2) is 71.4 Å². The summed E-state index contributed by atoms with van der Waals surface area (Å²) in [5, 5.41) is 0. The van der Waals surface area contributed by atoms with Gasteiger partial charge in [0.15, 0.2) is 0 Å². The lowest BCUT2D eigenvalue weighted by atomic mass is 10.00. The van der Waals surface area contributed by atoms with Gasteiger partial charge in [-0.1, -0.05) is 0 Å². The van der Waals surface area contributed by atoms with Crippen LogP contribution in [0, 0.1) is 0 Å². The highest BCUT2D eigenvalue weighted by Gasteiger charge is 2.32. The van der Waals surface area contributed by atoms with Crippen molar-refractivity contribution in [2.75, 3.05) is 20.2 Å². The fourth-order valence-corrected chi connectivity index (χ4v) is 3.74. The standard InChI is InChI=1S/C13H23NO4.C11H21NO2/c1-13(2,3)18-12(16)14-8-6-5-7-10(14)9-11(15)17-4;1-9-7-5-6-8-12(9)10(13)14-11(2,3)4/h10H,5-9H2,1-4H3;9H,5-8H2,1-4H3/t10-;9-/m10/s1. The molecule has 2 fully saturated rings. The van der Waals surface area contributed by atoms with Gasteiger partial charge in [0.05, 0.1) is 13.5 Å². The van der Waals surface area contributed by atoms with E-state index >= 15 is 0 Å². The summed E-state index contributed by atoms with van der Waals surface area (Å²) in [6, 6.07) is 0.236. The first kappa shape index (κ1) is 28.0. The summed E-state index contributed by atoms with van der Waals surface area (Å²) in [7, 11) is 1.36. The molecule has 0 aliphatic carbocycles. The van der Waals surface area contributed by atoms with Crippen molar-refractivity contribution in [3.05, 3.63) is 0 Å². The second kappa shape index (κ2) is 12.3. The monoisotopic (exact) mass is 456 g/mol. The SMILES string of the molecule is COC(=O)C[C@H]1CCCCN1C(=O)OC(C)(C)C.C[C@H]1CCCCN1C(=O)OC(C)(C)C. The van der Waals surface area contributed by atoms with Gasteiger partial charge in [-0.05, 0) is 87.0 Å². The quantitative estimate of drug-likeness (QED) is 0.423. The lowest BCUT2D eigenvalue weighted by Gasteiger charge is -2.36. The van der Waals surface area contributed by atoms with Crippen molar-refractivity contribution in [2.45, 2.75) is 117 Å². The maximum Gasteiger partial charge on any atom is 0.410 e. The van der Waals surface area contributed by atoms with Crippen molar-refractivity contribution in [3.8, 4) is 0 Å². The Kier molecular flexibility index (Phi) is 10.8. The van der Waals surface area contributed by atoms with Crippen molar-refractivity contribution in [2.24, 2.45) is 0 Å². The number of carbonyl (C=O) groups is 3. The van der Waals surface area contributed by atoms with E-state index in [0.717, 1.165) is 38.6 Å². The number of carbonyl (C=O) groups excluding carboxylic acids is 3. The van der Waals surface area contributed by atoms with Crippen LogP contribution in [0.2, 0.25) is 0 Å². The molecule has 2 atom stereocenters. The zero-order valence-electron chi connectivity index (χ0n) is 21.4. The minimum Gasteiger partial charge on any atom is -0.469 e. The van der Waals surface area contributed by atoms with Gasteiger partial charge in [0.1, 0.15) is 11.2 Å². The number of piperidine rings is 2. The number of amides is 2. The van der Waals surface area contributed by atoms with E-state index in [1.807, 2.05) is 46.4 Å². The van der Waals surface area contributed by atoms with Gasteiger partial charge in [0.25, 0.3) is 0 Å². The zero-order valence-corrected chi connectivity index (χ0v) is 21.4. The van der Waals surface area contributed by atoms with Crippen molar-refractivity contribution < 1.29 is 28.6 Å². The smallest absolute Gasteiger partial charge is 0.410 e. The van der Waals surface area contributed by atoms with Gasteiger partial charge in [0, 0.05) is 25.2 Å². The molecular weight excluding hydrogens is 412 g/mol. The number of ether oxygens (including phenoxy) is 3. The maximum atomic E-state index is 12.0. The highest BCUT2D eigenvalue weighted by atomic mass is 16.6. The van der Waals surface area contributed by atoms with Crippen LogP contribution in [0.1, 0.15) is 93.4 Å². The summed E-state index contributed by atoms with van der Waals surface area (Å²) in [6.07, 6.45) is 5.98. The molecular formula is C24H44N2O6. The van der Waals surface area contributed by atoms with E-state index in [4.69, 9.17) is 9.47 Å². The third kappa shape index (κ3) is 10.6. The topological polar surface area (TPSA) is 85.4 Å². The minimum absolute atomic E-state index is 0.0963. The van der Waals surface area contributed by atoms with Crippen LogP contribution in [-0.2, 0) is 19.0 Å². The first-order valence-corrected chi connectivity index (χ1v) is 11.8. The summed E-state index contributed by atoms with van der Waals surface area (Å²) < 4.78 is 15.4. The number of rotatable bonds is 2. The van der Waals surface area contributed by atoms with E-state index in [1.54, 1.807) is 4.90 Å². The third-order valence-electron chi connectivity index (χ3n) is 5.32. The van der Waals surface area contributed by atoms with Crippen LogP contribution in [0.15, 0.2) is 0 Å². The average Bonchev–Trinajstić information content (AvgIpc) is 2.66. The molecule has 32 heavy (non-hydrogen) atoms. The average molecular weight is 457 g/mol. The van der Waals surface area contributed by atoms with E-state index in [-0.39, 0.29) is 36.2 Å². The van der Waals surface area contributed by atoms with E-state index in [0.29, 0.717) is 12.6 Å². The summed E-state index contributed by atoms with van der Waals surface area (Å²) in [5.74, 6) is -0.282. The van der Waals surface area contributed by atoms with Crippen LogP contribution in [0.4, 0.5) is 9.59 Å². The van der Waals surface area contributed by atoms with Crippen molar-refractivity contribution in [1.29, 1.82) is 0 Å². The largest absolute Gasteiger partial charge is 0.469 e. The Morgan fingerprint density at radius 1 is 0.781 bits per heavy atom. The van der Waals surface area contributed by atoms with Crippen LogP contribution < -0.4 is 0 Å². The number of methoxy groups -OCH3 is 1. The molecule has 2 heterocycles. The number of likely N-dealkylation sites (tertiary alicyclic amines) is 2. The fourth-order valence-electron chi connectivity index (χ4n) is 3.74. The lowest BCUT2D eigenvalue weighted by Crippen LogP contribution is -2.47. The molecule has 2 amide bonds. The second-order valence-corrected chi connectivity index (χ2v) is 10.6. The van der Waals surface area contributed by atoms with Crippen molar-refractivity contribution in [3.63, 3.8) is 0 Å². The van der Waals surface area contributed by atoms with Gasteiger partial charge in [-0.25, -0.2) is 9.59 Å². The molecule has 186 valence electrons. The van der Waals surface area contributed by atoms with Crippen LogP contribution in [0.25, 0.3) is 0 Å². The summed E-state index contributed by atoms with van der Waals surface area (Å²) in [6.45, 7) is 14.8. The van der Waals surface area contributed by atoms with Gasteiger partial charge in [-0.2, -0.15) is 0 Å². The molecule has 0 aromatic heterocycles. The normalized spacial score (nSPS) is 21.8. The molecule has 0 radical (unpaired) electrons. The number of nitrogens with zero attached hydrogens (tertiary/aromatic N) is 2. The van der Waals surface area contributed by atoms with Crippen LogP contribution >= 0.6 is 0 Å². The highest BCUT2D eigenvalue weighted by Crippen LogP contribution is 2.23. The van der Waals surface area contributed by atoms with Gasteiger partial charge in [0.2, 0.25) is 0 Å². The molecule has 2 aliphatic heterocycles. The Labute approximate surface area is 193 Å². The predicted molar refractivity (Wildman–Crippen MR) is 123 cm³/mol. The molecule has 2 aliphatic rings. The molecule has 8 heteroatoms. The maximum absolute atomic E-state index is 12.0. The molecule has 0 aromatic carbocycles. The van der Waals surface area contributed by atoms with Crippen molar-refractivity contribution in [1.82, 2.24) is 9.80 Å². The molecule has 0 aromatic rings. The number of esters is 1. The lowest BCUT2D eigenvalue weighted by molar-refractivity contribution is -0.142. The Bertz CT molecular complexity index is 623. The molecule has 2 rings (SSSR count). The fraction of sp³-hybridized carbons (Fsp3) is 0.875. The van der Waals surface area contributed by atoms with Gasteiger partial charge < -0.3 is 24.0 Å². The van der Waals surface area contributed by atoms with Gasteiger partial charge >= 0.3 is 18.2 Å². The van der Waals surface area contributed by atoms with E-state index < -0.39 is 5.60 Å². The molecule has 0 spiro atoms. The highest BCUT2D eigenvalue weighted by molar-refractivity contribution is 5.73. The Balaban J connectivity index is 0.000000330. The van der Waals surface area contributed by atoms with Crippen LogP contribution in [0.3, 0.4) is 0 Å². The first-order valence-electron chi connectivity index (χ1n) is 11.8. The molecule has 2 saturated heterocycles. The second-order valence-electron chi connectivity index (χ2n) is 10.6. The van der Waals surface area contributed by atoms with E-state index in [2.05, 4.69) is 11.7 Å². The molecule has 0 bridgehead atoms. The number of hydrogen-bond acceptors (Lipinski definition) is 6. The molecule has 0 saturated carbocycles.